The Morgan fingerprint density at radius 1 is 1.10 bits per heavy atom. The smallest absolute Gasteiger partial charge is 0.322 e. The van der Waals surface area contributed by atoms with Crippen molar-refractivity contribution in [2.75, 3.05) is 20.2 Å². The van der Waals surface area contributed by atoms with Crippen LogP contribution in [0.5, 0.6) is 5.75 Å². The van der Waals surface area contributed by atoms with Gasteiger partial charge in [-0.2, -0.15) is 0 Å². The maximum absolute atomic E-state index is 11.5. The van der Waals surface area contributed by atoms with E-state index < -0.39 is 24.5 Å². The number of carboxylic acid groups (broad SMARTS) is 1. The number of amides is 3. The van der Waals surface area contributed by atoms with Crippen LogP contribution in [-0.4, -0.2) is 43.2 Å². The van der Waals surface area contributed by atoms with Gasteiger partial charge in [0.1, 0.15) is 12.3 Å². The molecule has 0 fully saturated rings. The third-order valence-corrected chi connectivity index (χ3v) is 2.48. The Hall–Kier alpha value is -2.77. The summed E-state index contributed by atoms with van der Waals surface area (Å²) in [6.07, 6.45) is 0. The standard InChI is InChI=1S/C13H17N3O5/c1-21-10-5-3-2-4-9(10)6-15-13(20)16-7-11(17)14-8-12(18)19/h2-5H,6-8H2,1H3,(H,14,17)(H,18,19)(H2,15,16,20). The van der Waals surface area contributed by atoms with E-state index in [-0.39, 0.29) is 13.1 Å². The van der Waals surface area contributed by atoms with Gasteiger partial charge in [-0.25, -0.2) is 4.79 Å². The second kappa shape index (κ2) is 8.41. The molecule has 1 aromatic rings. The highest BCUT2D eigenvalue weighted by Crippen LogP contribution is 2.16. The Labute approximate surface area is 121 Å². The third kappa shape index (κ3) is 6.28. The van der Waals surface area contributed by atoms with Gasteiger partial charge in [0.15, 0.2) is 0 Å². The predicted molar refractivity (Wildman–Crippen MR) is 73.9 cm³/mol. The van der Waals surface area contributed by atoms with Gasteiger partial charge in [0.05, 0.1) is 13.7 Å². The maximum Gasteiger partial charge on any atom is 0.322 e. The van der Waals surface area contributed by atoms with Crippen LogP contribution >= 0.6 is 0 Å². The summed E-state index contributed by atoms with van der Waals surface area (Å²) >= 11 is 0. The molecule has 1 aromatic carbocycles. The fourth-order valence-electron chi connectivity index (χ4n) is 1.48. The largest absolute Gasteiger partial charge is 0.496 e. The number of ether oxygens (including phenoxy) is 1. The number of urea groups is 1. The molecule has 8 heteroatoms. The molecule has 114 valence electrons. The highest BCUT2D eigenvalue weighted by atomic mass is 16.5. The zero-order chi connectivity index (χ0) is 15.7. The first kappa shape index (κ1) is 16.3. The van der Waals surface area contributed by atoms with E-state index in [2.05, 4.69) is 16.0 Å². The number of hydrogen-bond acceptors (Lipinski definition) is 4. The summed E-state index contributed by atoms with van der Waals surface area (Å²) < 4.78 is 5.14. The molecular weight excluding hydrogens is 278 g/mol. The minimum absolute atomic E-state index is 0.243. The monoisotopic (exact) mass is 295 g/mol. The number of carbonyl (C=O) groups is 3. The molecule has 0 bridgehead atoms. The number of para-hydroxylation sites is 1. The fraction of sp³-hybridized carbons (Fsp3) is 0.308. The Morgan fingerprint density at radius 2 is 1.81 bits per heavy atom. The van der Waals surface area contributed by atoms with E-state index in [1.807, 2.05) is 12.1 Å². The van der Waals surface area contributed by atoms with Crippen molar-refractivity contribution in [1.29, 1.82) is 0 Å². The van der Waals surface area contributed by atoms with Gasteiger partial charge >= 0.3 is 12.0 Å². The summed E-state index contributed by atoms with van der Waals surface area (Å²) in [4.78, 5) is 32.9. The molecule has 0 atom stereocenters. The molecule has 0 saturated carbocycles. The number of nitrogens with one attached hydrogen (secondary N) is 3. The summed E-state index contributed by atoms with van der Waals surface area (Å²) in [6, 6.07) is 6.67. The highest BCUT2D eigenvalue weighted by molar-refractivity contribution is 5.86. The lowest BCUT2D eigenvalue weighted by atomic mass is 10.2. The van der Waals surface area contributed by atoms with Crippen LogP contribution in [0.4, 0.5) is 4.79 Å². The molecular formula is C13H17N3O5. The first-order valence-electron chi connectivity index (χ1n) is 6.15. The number of carbonyl (C=O) groups excluding carboxylic acids is 2. The number of carboxylic acids is 1. The zero-order valence-corrected chi connectivity index (χ0v) is 11.5. The summed E-state index contributed by atoms with van der Waals surface area (Å²) in [5.74, 6) is -1.08. The SMILES string of the molecule is COc1ccccc1CNC(=O)NCC(=O)NCC(=O)O. The number of hydrogen-bond donors (Lipinski definition) is 4. The van der Waals surface area contributed by atoms with Crippen LogP contribution in [0.2, 0.25) is 0 Å². The summed E-state index contributed by atoms with van der Waals surface area (Å²) in [6.45, 7) is -0.541. The molecule has 1 rings (SSSR count). The van der Waals surface area contributed by atoms with E-state index in [1.165, 1.54) is 7.11 Å². The average molecular weight is 295 g/mol. The van der Waals surface area contributed by atoms with Crippen molar-refractivity contribution in [3.63, 3.8) is 0 Å². The summed E-state index contributed by atoms with van der Waals surface area (Å²) in [5.41, 5.74) is 0.797. The van der Waals surface area contributed by atoms with Gasteiger partial charge < -0.3 is 25.8 Å². The van der Waals surface area contributed by atoms with Crippen LogP contribution in [0.1, 0.15) is 5.56 Å². The van der Waals surface area contributed by atoms with Crippen LogP contribution in [0.15, 0.2) is 24.3 Å². The average Bonchev–Trinajstić information content (AvgIpc) is 2.49. The van der Waals surface area contributed by atoms with E-state index in [0.717, 1.165) is 5.56 Å². The van der Waals surface area contributed by atoms with Gasteiger partial charge in [0.2, 0.25) is 5.91 Å². The van der Waals surface area contributed by atoms with Crippen LogP contribution in [0, 0.1) is 0 Å². The zero-order valence-electron chi connectivity index (χ0n) is 11.5. The van der Waals surface area contributed by atoms with Crippen LogP contribution < -0.4 is 20.7 Å². The van der Waals surface area contributed by atoms with Gasteiger partial charge in [0, 0.05) is 12.1 Å². The van der Waals surface area contributed by atoms with Crippen molar-refractivity contribution in [1.82, 2.24) is 16.0 Å². The molecule has 0 heterocycles. The molecule has 0 aliphatic rings. The quantitative estimate of drug-likeness (QED) is 0.551. The molecule has 3 amide bonds. The van der Waals surface area contributed by atoms with Crippen LogP contribution in [-0.2, 0) is 16.1 Å². The van der Waals surface area contributed by atoms with Crippen molar-refractivity contribution < 1.29 is 24.2 Å². The van der Waals surface area contributed by atoms with E-state index in [1.54, 1.807) is 12.1 Å². The third-order valence-electron chi connectivity index (χ3n) is 2.48. The van der Waals surface area contributed by atoms with Gasteiger partial charge in [-0.1, -0.05) is 18.2 Å². The molecule has 4 N–H and O–H groups in total. The fourth-order valence-corrected chi connectivity index (χ4v) is 1.48. The second-order valence-corrected chi connectivity index (χ2v) is 4.02. The molecule has 0 radical (unpaired) electrons. The molecule has 0 spiro atoms. The second-order valence-electron chi connectivity index (χ2n) is 4.02. The number of aliphatic carboxylic acids is 1. The van der Waals surface area contributed by atoms with Crippen molar-refractivity contribution in [2.45, 2.75) is 6.54 Å². The van der Waals surface area contributed by atoms with Gasteiger partial charge in [0.25, 0.3) is 0 Å². The van der Waals surface area contributed by atoms with E-state index in [0.29, 0.717) is 5.75 Å². The number of benzene rings is 1. The number of methoxy groups -OCH3 is 1. The van der Waals surface area contributed by atoms with Gasteiger partial charge in [-0.3, -0.25) is 9.59 Å². The Morgan fingerprint density at radius 3 is 2.48 bits per heavy atom. The van der Waals surface area contributed by atoms with Gasteiger partial charge in [-0.15, -0.1) is 0 Å². The van der Waals surface area contributed by atoms with E-state index >= 15 is 0 Å². The predicted octanol–water partition coefficient (Wildman–Crippen LogP) is -0.305. The Bertz CT molecular complexity index is 518. The molecule has 0 aromatic heterocycles. The Balaban J connectivity index is 2.31. The molecule has 0 aliphatic heterocycles. The first-order chi connectivity index (χ1) is 10.0. The van der Waals surface area contributed by atoms with Gasteiger partial charge in [-0.05, 0) is 6.07 Å². The van der Waals surface area contributed by atoms with Crippen molar-refractivity contribution in [3.8, 4) is 5.75 Å². The van der Waals surface area contributed by atoms with Crippen molar-refractivity contribution >= 4 is 17.9 Å². The molecule has 0 saturated heterocycles. The maximum atomic E-state index is 11.5. The lowest BCUT2D eigenvalue weighted by molar-refractivity contribution is -0.137. The summed E-state index contributed by atoms with van der Waals surface area (Å²) in [7, 11) is 1.53. The topological polar surface area (TPSA) is 117 Å². The minimum Gasteiger partial charge on any atom is -0.496 e. The normalized spacial score (nSPS) is 9.57. The van der Waals surface area contributed by atoms with Crippen LogP contribution in [0.25, 0.3) is 0 Å². The molecule has 21 heavy (non-hydrogen) atoms. The lowest BCUT2D eigenvalue weighted by Gasteiger charge is -2.10. The molecule has 8 nitrogen and oxygen atoms in total. The molecule has 0 unspecified atom stereocenters. The first-order valence-corrected chi connectivity index (χ1v) is 6.15. The summed E-state index contributed by atoms with van der Waals surface area (Å²) in [5, 5.41) is 15.4. The van der Waals surface area contributed by atoms with Crippen molar-refractivity contribution in [2.24, 2.45) is 0 Å². The van der Waals surface area contributed by atoms with E-state index in [4.69, 9.17) is 9.84 Å². The molecule has 0 aliphatic carbocycles. The van der Waals surface area contributed by atoms with E-state index in [9.17, 15) is 14.4 Å². The highest BCUT2D eigenvalue weighted by Gasteiger charge is 2.07. The van der Waals surface area contributed by atoms with Crippen molar-refractivity contribution in [3.05, 3.63) is 29.8 Å². The minimum atomic E-state index is -1.15. The lowest BCUT2D eigenvalue weighted by Crippen LogP contribution is -2.42. The Kier molecular flexibility index (Phi) is 6.52. The number of rotatable bonds is 7. The van der Waals surface area contributed by atoms with Crippen LogP contribution in [0.3, 0.4) is 0 Å².